The topological polar surface area (TPSA) is 75.4 Å². The fourth-order valence-corrected chi connectivity index (χ4v) is 3.55. The van der Waals surface area contributed by atoms with Crippen molar-refractivity contribution in [1.82, 2.24) is 14.5 Å². The van der Waals surface area contributed by atoms with Gasteiger partial charge in [-0.15, -0.1) is 0 Å². The smallest absolute Gasteiger partial charge is 0.449 e. The van der Waals surface area contributed by atoms with E-state index >= 15 is 0 Å². The number of imidazole rings is 1. The number of halogens is 3. The molecule has 1 N–H and O–H groups in total. The van der Waals surface area contributed by atoms with Crippen molar-refractivity contribution in [3.8, 4) is 0 Å². The predicted molar refractivity (Wildman–Crippen MR) is 91.4 cm³/mol. The lowest BCUT2D eigenvalue weighted by Crippen LogP contribution is -2.47. The summed E-state index contributed by atoms with van der Waals surface area (Å²) < 4.78 is 41.0. The second-order valence-corrected chi connectivity index (χ2v) is 6.95. The van der Waals surface area contributed by atoms with Crippen molar-refractivity contribution in [2.75, 3.05) is 6.54 Å². The Bertz CT molecular complexity index is 889. The predicted octanol–water partition coefficient (Wildman–Crippen LogP) is 3.72. The fourth-order valence-electron chi connectivity index (χ4n) is 3.55. The van der Waals surface area contributed by atoms with Gasteiger partial charge < -0.3 is 14.6 Å². The molecule has 6 nitrogen and oxygen atoms in total. The van der Waals surface area contributed by atoms with Gasteiger partial charge in [-0.2, -0.15) is 13.2 Å². The number of nitrogens with zero attached hydrogens (tertiary/aromatic N) is 3. The van der Waals surface area contributed by atoms with E-state index in [0.717, 1.165) is 4.57 Å². The van der Waals surface area contributed by atoms with Crippen LogP contribution in [0.25, 0.3) is 11.0 Å². The summed E-state index contributed by atoms with van der Waals surface area (Å²) in [5, 5.41) is 9.33. The zero-order valence-electron chi connectivity index (χ0n) is 15.0. The summed E-state index contributed by atoms with van der Waals surface area (Å²) in [6, 6.07) is 2.79. The Labute approximate surface area is 153 Å². The van der Waals surface area contributed by atoms with Crippen LogP contribution < -0.4 is 0 Å². The Morgan fingerprint density at radius 1 is 1.26 bits per heavy atom. The maximum absolute atomic E-state index is 13.3. The van der Waals surface area contributed by atoms with Gasteiger partial charge in [0.15, 0.2) is 0 Å². The van der Waals surface area contributed by atoms with Crippen LogP contribution in [0, 0.1) is 0 Å². The summed E-state index contributed by atoms with van der Waals surface area (Å²) >= 11 is 0. The van der Waals surface area contributed by atoms with Gasteiger partial charge in [0.1, 0.15) is 6.04 Å². The first kappa shape index (κ1) is 19.2. The number of likely N-dealkylation sites (tertiary alicyclic amines) is 1. The van der Waals surface area contributed by atoms with Gasteiger partial charge in [-0.25, -0.2) is 9.78 Å². The number of carboxylic acids is 1. The van der Waals surface area contributed by atoms with Crippen molar-refractivity contribution >= 4 is 22.9 Å². The second kappa shape index (κ2) is 6.86. The molecule has 3 rings (SSSR count). The van der Waals surface area contributed by atoms with Crippen molar-refractivity contribution in [2.24, 2.45) is 0 Å². The van der Waals surface area contributed by atoms with Crippen LogP contribution in [0.15, 0.2) is 18.2 Å². The first-order valence-corrected chi connectivity index (χ1v) is 8.74. The molecule has 2 heterocycles. The molecule has 2 aromatic rings. The quantitative estimate of drug-likeness (QED) is 0.877. The summed E-state index contributed by atoms with van der Waals surface area (Å²) in [5.41, 5.74) is 0.478. The normalized spacial score (nSPS) is 18.3. The van der Waals surface area contributed by atoms with E-state index in [1.54, 1.807) is 13.8 Å². The van der Waals surface area contributed by atoms with Crippen molar-refractivity contribution in [2.45, 2.75) is 51.4 Å². The lowest BCUT2D eigenvalue weighted by atomic mass is 10.0. The van der Waals surface area contributed by atoms with Crippen LogP contribution in [0.4, 0.5) is 13.2 Å². The fraction of sp³-hybridized carbons (Fsp3) is 0.500. The Balaban J connectivity index is 2.04. The maximum atomic E-state index is 13.3. The van der Waals surface area contributed by atoms with Crippen molar-refractivity contribution in [1.29, 1.82) is 0 Å². The summed E-state index contributed by atoms with van der Waals surface area (Å²) in [5.74, 6) is -2.59. The van der Waals surface area contributed by atoms with Crippen LogP contribution in [-0.2, 0) is 11.0 Å². The van der Waals surface area contributed by atoms with Crippen LogP contribution in [0.2, 0.25) is 0 Å². The number of hydrogen-bond donors (Lipinski definition) is 1. The highest BCUT2D eigenvalue weighted by atomic mass is 19.4. The molecule has 0 bridgehead atoms. The molecule has 0 aliphatic carbocycles. The molecule has 1 amide bonds. The minimum absolute atomic E-state index is 0.0609. The molecule has 27 heavy (non-hydrogen) atoms. The number of carbonyl (C=O) groups excluding carboxylic acids is 1. The molecule has 0 radical (unpaired) electrons. The van der Waals surface area contributed by atoms with Gasteiger partial charge in [0, 0.05) is 18.2 Å². The molecule has 0 saturated carbocycles. The molecule has 1 aromatic heterocycles. The number of piperidine rings is 1. The first-order chi connectivity index (χ1) is 12.6. The summed E-state index contributed by atoms with van der Waals surface area (Å²) in [6.45, 7) is 3.56. The number of aromatic nitrogens is 2. The van der Waals surface area contributed by atoms with Gasteiger partial charge >= 0.3 is 12.1 Å². The standard InChI is InChI=1S/C18H20F3N3O3/c1-10(2)24-13-7-6-11(9-12(13)22-17(24)18(19,20)21)15(25)23-8-4-3-5-14(23)16(26)27/h6-7,9-10,14H,3-5,8H2,1-2H3,(H,26,27). The number of benzene rings is 1. The third-order valence-corrected chi connectivity index (χ3v) is 4.76. The van der Waals surface area contributed by atoms with Gasteiger partial charge in [-0.05, 0) is 51.3 Å². The molecule has 1 aromatic carbocycles. The largest absolute Gasteiger partial charge is 0.480 e. The zero-order valence-corrected chi connectivity index (χ0v) is 15.0. The van der Waals surface area contributed by atoms with E-state index in [2.05, 4.69) is 4.98 Å². The number of alkyl halides is 3. The van der Waals surface area contributed by atoms with Gasteiger partial charge in [0.2, 0.25) is 5.82 Å². The highest BCUT2D eigenvalue weighted by molar-refractivity contribution is 5.99. The summed E-state index contributed by atoms with van der Waals surface area (Å²) in [6.07, 6.45) is -2.84. The number of hydrogen-bond acceptors (Lipinski definition) is 3. The lowest BCUT2D eigenvalue weighted by Gasteiger charge is -2.33. The number of rotatable bonds is 3. The van der Waals surface area contributed by atoms with Crippen molar-refractivity contribution in [3.05, 3.63) is 29.6 Å². The molecule has 0 spiro atoms. The van der Waals surface area contributed by atoms with E-state index in [1.165, 1.54) is 23.1 Å². The molecular formula is C18H20F3N3O3. The molecular weight excluding hydrogens is 363 g/mol. The Kier molecular flexibility index (Phi) is 4.88. The molecule has 1 aliphatic heterocycles. The molecule has 1 saturated heterocycles. The molecule has 146 valence electrons. The van der Waals surface area contributed by atoms with E-state index in [9.17, 15) is 27.9 Å². The molecule has 1 fully saturated rings. The number of amides is 1. The van der Waals surface area contributed by atoms with E-state index in [-0.39, 0.29) is 16.6 Å². The number of aliphatic carboxylic acids is 1. The van der Waals surface area contributed by atoms with E-state index < -0.39 is 36.0 Å². The van der Waals surface area contributed by atoms with Crippen LogP contribution in [0.1, 0.15) is 55.3 Å². The summed E-state index contributed by atoms with van der Waals surface area (Å²) in [4.78, 5) is 29.2. The summed E-state index contributed by atoms with van der Waals surface area (Å²) in [7, 11) is 0. The monoisotopic (exact) mass is 383 g/mol. The highest BCUT2D eigenvalue weighted by Gasteiger charge is 2.38. The van der Waals surface area contributed by atoms with Gasteiger partial charge in [0.25, 0.3) is 5.91 Å². The number of carboxylic acid groups (broad SMARTS) is 1. The minimum atomic E-state index is -4.62. The Hall–Kier alpha value is -2.58. The van der Waals surface area contributed by atoms with Gasteiger partial charge in [-0.1, -0.05) is 0 Å². The third-order valence-electron chi connectivity index (χ3n) is 4.76. The molecule has 9 heteroatoms. The second-order valence-electron chi connectivity index (χ2n) is 6.95. The van der Waals surface area contributed by atoms with Crippen LogP contribution in [-0.4, -0.2) is 44.0 Å². The highest BCUT2D eigenvalue weighted by Crippen LogP contribution is 2.34. The average molecular weight is 383 g/mol. The van der Waals surface area contributed by atoms with Crippen LogP contribution >= 0.6 is 0 Å². The maximum Gasteiger partial charge on any atom is 0.449 e. The van der Waals surface area contributed by atoms with E-state index in [0.29, 0.717) is 25.8 Å². The first-order valence-electron chi connectivity index (χ1n) is 8.74. The van der Waals surface area contributed by atoms with E-state index in [1.807, 2.05) is 0 Å². The Morgan fingerprint density at radius 3 is 2.56 bits per heavy atom. The minimum Gasteiger partial charge on any atom is -0.480 e. The van der Waals surface area contributed by atoms with Gasteiger partial charge in [-0.3, -0.25) is 4.79 Å². The van der Waals surface area contributed by atoms with Crippen molar-refractivity contribution in [3.63, 3.8) is 0 Å². The number of fused-ring (bicyclic) bond motifs is 1. The number of carbonyl (C=O) groups is 2. The molecule has 1 aliphatic rings. The Morgan fingerprint density at radius 2 is 1.96 bits per heavy atom. The third kappa shape index (κ3) is 3.50. The van der Waals surface area contributed by atoms with Crippen LogP contribution in [0.3, 0.4) is 0 Å². The van der Waals surface area contributed by atoms with Crippen molar-refractivity contribution < 1.29 is 27.9 Å². The SMILES string of the molecule is CC(C)n1c(C(F)(F)F)nc2cc(C(=O)N3CCCCC3C(=O)O)ccc21. The molecule has 1 atom stereocenters. The lowest BCUT2D eigenvalue weighted by molar-refractivity contribution is -0.147. The van der Waals surface area contributed by atoms with Crippen LogP contribution in [0.5, 0.6) is 0 Å². The van der Waals surface area contributed by atoms with Gasteiger partial charge in [0.05, 0.1) is 11.0 Å². The average Bonchev–Trinajstić information content (AvgIpc) is 3.00. The van der Waals surface area contributed by atoms with E-state index in [4.69, 9.17) is 0 Å². The molecule has 1 unspecified atom stereocenters. The zero-order chi connectivity index (χ0) is 19.9.